The van der Waals surface area contributed by atoms with E-state index in [1.807, 2.05) is 42.7 Å². The van der Waals surface area contributed by atoms with Gasteiger partial charge in [-0.05, 0) is 18.7 Å². The molecule has 0 atom stereocenters. The molecule has 0 aliphatic heterocycles. The fourth-order valence-corrected chi connectivity index (χ4v) is 2.94. The van der Waals surface area contributed by atoms with E-state index in [4.69, 9.17) is 4.74 Å². The van der Waals surface area contributed by atoms with Crippen molar-refractivity contribution in [3.05, 3.63) is 23.7 Å². The molecule has 2 heterocycles. The average molecular weight is 295 g/mol. The number of hydrogen-bond acceptors (Lipinski definition) is 5. The van der Waals surface area contributed by atoms with Gasteiger partial charge in [0.2, 0.25) is 0 Å². The Balaban J connectivity index is 2.13. The first-order valence-corrected chi connectivity index (χ1v) is 7.32. The summed E-state index contributed by atoms with van der Waals surface area (Å²) >= 11 is 1.64. The Morgan fingerprint density at radius 1 is 1.40 bits per heavy atom. The van der Waals surface area contributed by atoms with Crippen LogP contribution in [0, 0.1) is 6.92 Å². The molecule has 2 aromatic heterocycles. The number of aromatic nitrogens is 4. The molecule has 0 aliphatic rings. The van der Waals surface area contributed by atoms with E-state index < -0.39 is 0 Å². The first-order valence-electron chi connectivity index (χ1n) is 6.50. The van der Waals surface area contributed by atoms with E-state index in [2.05, 4.69) is 15.4 Å². The van der Waals surface area contributed by atoms with Gasteiger partial charge in [0, 0.05) is 52.3 Å². The molecule has 2 aromatic rings. The van der Waals surface area contributed by atoms with Crippen molar-refractivity contribution >= 4 is 11.8 Å². The van der Waals surface area contributed by atoms with Gasteiger partial charge in [-0.15, -0.1) is 0 Å². The second-order valence-electron chi connectivity index (χ2n) is 4.59. The first kappa shape index (κ1) is 15.1. The molecule has 20 heavy (non-hydrogen) atoms. The Hall–Kier alpha value is -1.31. The standard InChI is InChI=1S/C13H21N5OS/c1-10-11(9-14-6-8-19-4)12(18(3)16-10)20-13-15-5-7-17(13)2/h5,7,14H,6,8-9H2,1-4H3. The van der Waals surface area contributed by atoms with Crippen LogP contribution in [0.2, 0.25) is 0 Å². The Kier molecular flexibility index (Phi) is 5.22. The number of nitrogens with one attached hydrogen (secondary N) is 1. The van der Waals surface area contributed by atoms with E-state index in [0.717, 1.165) is 29.0 Å². The van der Waals surface area contributed by atoms with Crippen LogP contribution in [-0.4, -0.2) is 39.6 Å². The van der Waals surface area contributed by atoms with Gasteiger partial charge >= 0.3 is 0 Å². The van der Waals surface area contributed by atoms with Crippen molar-refractivity contribution < 1.29 is 4.74 Å². The van der Waals surface area contributed by atoms with E-state index >= 15 is 0 Å². The Morgan fingerprint density at radius 2 is 2.20 bits per heavy atom. The molecule has 0 spiro atoms. The molecule has 6 nitrogen and oxygen atoms in total. The second-order valence-corrected chi connectivity index (χ2v) is 5.54. The lowest BCUT2D eigenvalue weighted by Crippen LogP contribution is -2.19. The number of rotatable bonds is 7. The summed E-state index contributed by atoms with van der Waals surface area (Å²) in [5.41, 5.74) is 2.27. The summed E-state index contributed by atoms with van der Waals surface area (Å²) in [6.07, 6.45) is 3.75. The molecule has 0 amide bonds. The minimum absolute atomic E-state index is 0.709. The van der Waals surface area contributed by atoms with Crippen LogP contribution in [-0.2, 0) is 25.4 Å². The summed E-state index contributed by atoms with van der Waals surface area (Å²) in [5, 5.41) is 9.97. The smallest absolute Gasteiger partial charge is 0.174 e. The Bertz CT molecular complexity index is 563. The lowest BCUT2D eigenvalue weighted by atomic mass is 10.2. The summed E-state index contributed by atoms with van der Waals surface area (Å²) in [4.78, 5) is 4.36. The SMILES string of the molecule is COCCNCc1c(C)nn(C)c1Sc1nccn1C. The summed E-state index contributed by atoms with van der Waals surface area (Å²) in [5.74, 6) is 0. The zero-order chi connectivity index (χ0) is 14.5. The topological polar surface area (TPSA) is 56.9 Å². The maximum Gasteiger partial charge on any atom is 0.174 e. The average Bonchev–Trinajstić information content (AvgIpc) is 2.92. The number of methoxy groups -OCH3 is 1. The maximum absolute atomic E-state index is 5.04. The van der Waals surface area contributed by atoms with Gasteiger partial charge < -0.3 is 14.6 Å². The lowest BCUT2D eigenvalue weighted by molar-refractivity contribution is 0.199. The molecule has 0 saturated heterocycles. The fourth-order valence-electron chi connectivity index (χ4n) is 1.94. The zero-order valence-electron chi connectivity index (χ0n) is 12.4. The second kappa shape index (κ2) is 6.92. The van der Waals surface area contributed by atoms with Crippen LogP contribution in [0.5, 0.6) is 0 Å². The van der Waals surface area contributed by atoms with Gasteiger partial charge in [0.05, 0.1) is 12.3 Å². The van der Waals surface area contributed by atoms with E-state index in [1.165, 1.54) is 5.56 Å². The number of imidazole rings is 1. The van der Waals surface area contributed by atoms with Crippen molar-refractivity contribution in [2.45, 2.75) is 23.7 Å². The normalized spacial score (nSPS) is 11.2. The third kappa shape index (κ3) is 3.41. The molecule has 1 N–H and O–H groups in total. The molecule has 0 saturated carbocycles. The predicted molar refractivity (Wildman–Crippen MR) is 78.9 cm³/mol. The number of aryl methyl sites for hydroxylation is 3. The van der Waals surface area contributed by atoms with E-state index in [9.17, 15) is 0 Å². The zero-order valence-corrected chi connectivity index (χ0v) is 13.2. The Morgan fingerprint density at radius 3 is 2.85 bits per heavy atom. The summed E-state index contributed by atoms with van der Waals surface area (Å²) < 4.78 is 8.97. The van der Waals surface area contributed by atoms with Crippen LogP contribution in [0.1, 0.15) is 11.3 Å². The minimum atomic E-state index is 0.709. The van der Waals surface area contributed by atoms with Crippen molar-refractivity contribution in [3.8, 4) is 0 Å². The summed E-state index contributed by atoms with van der Waals surface area (Å²) in [6, 6.07) is 0. The fraction of sp³-hybridized carbons (Fsp3) is 0.538. The highest BCUT2D eigenvalue weighted by atomic mass is 32.2. The molecule has 0 bridgehead atoms. The van der Waals surface area contributed by atoms with E-state index in [0.29, 0.717) is 6.61 Å². The quantitative estimate of drug-likeness (QED) is 0.781. The minimum Gasteiger partial charge on any atom is -0.383 e. The molecule has 0 radical (unpaired) electrons. The first-order chi connectivity index (χ1) is 9.63. The van der Waals surface area contributed by atoms with E-state index in [-0.39, 0.29) is 0 Å². The van der Waals surface area contributed by atoms with Crippen molar-refractivity contribution in [1.82, 2.24) is 24.6 Å². The van der Waals surface area contributed by atoms with Crippen molar-refractivity contribution in [2.24, 2.45) is 14.1 Å². The lowest BCUT2D eigenvalue weighted by Gasteiger charge is -2.07. The van der Waals surface area contributed by atoms with Gasteiger partial charge in [0.25, 0.3) is 0 Å². The van der Waals surface area contributed by atoms with Gasteiger partial charge in [0.15, 0.2) is 5.16 Å². The van der Waals surface area contributed by atoms with Crippen LogP contribution in [0.4, 0.5) is 0 Å². The molecule has 2 rings (SSSR count). The van der Waals surface area contributed by atoms with Gasteiger partial charge in [0.1, 0.15) is 5.03 Å². The highest BCUT2D eigenvalue weighted by Gasteiger charge is 2.15. The van der Waals surface area contributed by atoms with Crippen molar-refractivity contribution in [3.63, 3.8) is 0 Å². The molecule has 0 fully saturated rings. The molecule has 0 unspecified atom stereocenters. The van der Waals surface area contributed by atoms with Crippen LogP contribution >= 0.6 is 11.8 Å². The monoisotopic (exact) mass is 295 g/mol. The molecular weight excluding hydrogens is 274 g/mol. The summed E-state index contributed by atoms with van der Waals surface area (Å²) in [7, 11) is 5.67. The van der Waals surface area contributed by atoms with Crippen molar-refractivity contribution in [2.75, 3.05) is 20.3 Å². The molecule has 110 valence electrons. The van der Waals surface area contributed by atoms with E-state index in [1.54, 1.807) is 18.9 Å². The van der Waals surface area contributed by atoms with Crippen LogP contribution in [0.15, 0.2) is 22.6 Å². The maximum atomic E-state index is 5.04. The number of ether oxygens (including phenoxy) is 1. The van der Waals surface area contributed by atoms with Crippen molar-refractivity contribution in [1.29, 1.82) is 0 Å². The molecule has 0 aromatic carbocycles. The number of hydrogen-bond donors (Lipinski definition) is 1. The van der Waals surface area contributed by atoms with Gasteiger partial charge in [-0.3, -0.25) is 4.68 Å². The predicted octanol–water partition coefficient (Wildman–Crippen LogP) is 1.35. The van der Waals surface area contributed by atoms with Crippen LogP contribution in [0.25, 0.3) is 0 Å². The molecule has 0 aliphatic carbocycles. The Labute approximate surface area is 123 Å². The van der Waals surface area contributed by atoms with Crippen LogP contribution in [0.3, 0.4) is 0 Å². The molecule has 7 heteroatoms. The largest absolute Gasteiger partial charge is 0.383 e. The van der Waals surface area contributed by atoms with Gasteiger partial charge in [-0.25, -0.2) is 4.98 Å². The van der Waals surface area contributed by atoms with Gasteiger partial charge in [-0.2, -0.15) is 5.10 Å². The highest BCUT2D eigenvalue weighted by Crippen LogP contribution is 2.30. The summed E-state index contributed by atoms with van der Waals surface area (Å²) in [6.45, 7) is 4.37. The third-order valence-electron chi connectivity index (χ3n) is 3.04. The third-order valence-corrected chi connectivity index (χ3v) is 4.32. The van der Waals surface area contributed by atoms with Gasteiger partial charge in [-0.1, -0.05) is 0 Å². The van der Waals surface area contributed by atoms with Crippen LogP contribution < -0.4 is 5.32 Å². The number of nitrogens with zero attached hydrogens (tertiary/aromatic N) is 4. The molecular formula is C13H21N5OS. The highest BCUT2D eigenvalue weighted by molar-refractivity contribution is 7.99.